The number of likely N-dealkylation sites (N-methyl/N-ethyl adjacent to an activating group) is 1. The van der Waals surface area contributed by atoms with E-state index in [1.807, 2.05) is 11.3 Å². The van der Waals surface area contributed by atoms with Crippen LogP contribution in [0.1, 0.15) is 57.2 Å². The van der Waals surface area contributed by atoms with Gasteiger partial charge in [0.2, 0.25) is 0 Å². The van der Waals surface area contributed by atoms with Gasteiger partial charge in [0.25, 0.3) is 0 Å². The van der Waals surface area contributed by atoms with Crippen molar-refractivity contribution in [2.45, 2.75) is 71.9 Å². The maximum absolute atomic E-state index is 10.9. The standard InChI is InChI=1S/C17H31NOS/c1-6-14-11-12-15(20-14)13-16(19)17(7-2,8-3)18(9-4)10-5/h11-12,16,19H,6-10,13H2,1-5H3. The quantitative estimate of drug-likeness (QED) is 0.741. The van der Waals surface area contributed by atoms with Crippen molar-refractivity contribution in [2.24, 2.45) is 0 Å². The monoisotopic (exact) mass is 297 g/mol. The Labute approximate surface area is 128 Å². The number of aliphatic hydroxyl groups is 1. The van der Waals surface area contributed by atoms with E-state index in [4.69, 9.17) is 0 Å². The molecule has 0 saturated heterocycles. The second-order valence-electron chi connectivity index (χ2n) is 5.42. The number of rotatable bonds is 9. The molecule has 1 aromatic heterocycles. The first-order valence-corrected chi connectivity index (χ1v) is 8.90. The lowest BCUT2D eigenvalue weighted by Gasteiger charge is -2.45. The van der Waals surface area contributed by atoms with E-state index in [-0.39, 0.29) is 11.6 Å². The third kappa shape index (κ3) is 3.63. The highest BCUT2D eigenvalue weighted by molar-refractivity contribution is 7.11. The van der Waals surface area contributed by atoms with Crippen molar-refractivity contribution in [1.29, 1.82) is 0 Å². The summed E-state index contributed by atoms with van der Waals surface area (Å²) in [5, 5.41) is 10.9. The Morgan fingerprint density at radius 2 is 1.60 bits per heavy atom. The van der Waals surface area contributed by atoms with Crippen molar-refractivity contribution >= 4 is 11.3 Å². The first-order valence-electron chi connectivity index (χ1n) is 8.08. The van der Waals surface area contributed by atoms with Crippen LogP contribution in [-0.2, 0) is 12.8 Å². The predicted octanol–water partition coefficient (Wildman–Crippen LogP) is 4.11. The molecule has 0 amide bonds. The summed E-state index contributed by atoms with van der Waals surface area (Å²) in [6.45, 7) is 13.0. The zero-order valence-corrected chi connectivity index (χ0v) is 14.6. The third-order valence-electron chi connectivity index (χ3n) is 4.70. The van der Waals surface area contributed by atoms with Crippen LogP contribution in [0.15, 0.2) is 12.1 Å². The Morgan fingerprint density at radius 1 is 1.05 bits per heavy atom. The summed E-state index contributed by atoms with van der Waals surface area (Å²) in [6.07, 6.45) is 3.57. The van der Waals surface area contributed by atoms with Crippen LogP contribution < -0.4 is 0 Å². The fourth-order valence-corrected chi connectivity index (χ4v) is 4.33. The molecule has 0 fully saturated rings. The summed E-state index contributed by atoms with van der Waals surface area (Å²) in [5.74, 6) is 0. The van der Waals surface area contributed by atoms with Crippen LogP contribution >= 0.6 is 11.3 Å². The van der Waals surface area contributed by atoms with E-state index in [1.54, 1.807) is 0 Å². The van der Waals surface area contributed by atoms with Gasteiger partial charge in [0.05, 0.1) is 6.10 Å². The minimum absolute atomic E-state index is 0.0835. The molecule has 116 valence electrons. The number of hydrogen-bond donors (Lipinski definition) is 1. The zero-order valence-electron chi connectivity index (χ0n) is 13.8. The van der Waals surface area contributed by atoms with E-state index in [1.165, 1.54) is 9.75 Å². The number of nitrogens with zero attached hydrogens (tertiary/aromatic N) is 1. The molecule has 0 spiro atoms. The highest BCUT2D eigenvalue weighted by atomic mass is 32.1. The van der Waals surface area contributed by atoms with Crippen molar-refractivity contribution in [3.63, 3.8) is 0 Å². The van der Waals surface area contributed by atoms with Crippen LogP contribution in [0.25, 0.3) is 0 Å². The second-order valence-corrected chi connectivity index (χ2v) is 6.68. The van der Waals surface area contributed by atoms with Gasteiger partial charge in [-0.25, -0.2) is 0 Å². The average Bonchev–Trinajstić information content (AvgIpc) is 2.92. The molecule has 1 aromatic rings. The van der Waals surface area contributed by atoms with Crippen molar-refractivity contribution in [1.82, 2.24) is 4.90 Å². The van der Waals surface area contributed by atoms with E-state index in [0.717, 1.165) is 38.8 Å². The second kappa shape index (κ2) is 8.16. The normalized spacial score (nSPS) is 13.9. The summed E-state index contributed by atoms with van der Waals surface area (Å²) in [6, 6.07) is 4.38. The molecule has 0 aromatic carbocycles. The molecule has 1 N–H and O–H groups in total. The summed E-state index contributed by atoms with van der Waals surface area (Å²) in [5.41, 5.74) is -0.0835. The first kappa shape index (κ1) is 17.7. The third-order valence-corrected chi connectivity index (χ3v) is 5.95. The molecule has 2 nitrogen and oxygen atoms in total. The first-order chi connectivity index (χ1) is 9.57. The Kier molecular flexibility index (Phi) is 7.21. The molecule has 20 heavy (non-hydrogen) atoms. The summed E-state index contributed by atoms with van der Waals surface area (Å²) < 4.78 is 0. The largest absolute Gasteiger partial charge is 0.391 e. The molecule has 1 heterocycles. The van der Waals surface area contributed by atoms with Gasteiger partial charge in [0, 0.05) is 21.7 Å². The Hall–Kier alpha value is -0.380. The van der Waals surface area contributed by atoms with Gasteiger partial charge >= 0.3 is 0 Å². The van der Waals surface area contributed by atoms with E-state index in [0.29, 0.717) is 0 Å². The van der Waals surface area contributed by atoms with Gasteiger partial charge in [0.1, 0.15) is 0 Å². The number of thiophene rings is 1. The van der Waals surface area contributed by atoms with E-state index in [9.17, 15) is 5.11 Å². The smallest absolute Gasteiger partial charge is 0.0771 e. The Morgan fingerprint density at radius 3 is 2.00 bits per heavy atom. The van der Waals surface area contributed by atoms with E-state index >= 15 is 0 Å². The molecule has 0 aliphatic heterocycles. The average molecular weight is 298 g/mol. The van der Waals surface area contributed by atoms with E-state index < -0.39 is 0 Å². The van der Waals surface area contributed by atoms with Crippen molar-refractivity contribution in [3.8, 4) is 0 Å². The lowest BCUT2D eigenvalue weighted by Crippen LogP contribution is -2.56. The molecule has 1 atom stereocenters. The van der Waals surface area contributed by atoms with Gasteiger partial charge in [0.15, 0.2) is 0 Å². The van der Waals surface area contributed by atoms with Crippen LogP contribution in [0.3, 0.4) is 0 Å². The molecule has 0 saturated carbocycles. The van der Waals surface area contributed by atoms with Gasteiger partial charge in [-0.3, -0.25) is 4.90 Å². The van der Waals surface area contributed by atoms with Gasteiger partial charge in [-0.1, -0.05) is 34.6 Å². The van der Waals surface area contributed by atoms with Crippen LogP contribution in [0.4, 0.5) is 0 Å². The highest BCUT2D eigenvalue weighted by Gasteiger charge is 2.38. The molecule has 0 bridgehead atoms. The predicted molar refractivity (Wildman–Crippen MR) is 89.6 cm³/mol. The van der Waals surface area contributed by atoms with Gasteiger partial charge in [-0.15, -0.1) is 11.3 Å². The molecular formula is C17H31NOS. The van der Waals surface area contributed by atoms with Crippen LogP contribution in [0.5, 0.6) is 0 Å². The fraction of sp³-hybridized carbons (Fsp3) is 0.765. The van der Waals surface area contributed by atoms with E-state index in [2.05, 4.69) is 51.7 Å². The molecule has 0 aliphatic rings. The maximum Gasteiger partial charge on any atom is 0.0771 e. The number of hydrogen-bond acceptors (Lipinski definition) is 3. The van der Waals surface area contributed by atoms with Gasteiger partial charge in [-0.05, 0) is 44.5 Å². The molecule has 0 radical (unpaired) electrons. The Balaban J connectivity index is 2.90. The van der Waals surface area contributed by atoms with Crippen LogP contribution in [0.2, 0.25) is 0 Å². The fourth-order valence-electron chi connectivity index (χ4n) is 3.34. The van der Waals surface area contributed by atoms with Crippen LogP contribution in [0, 0.1) is 0 Å². The molecule has 3 heteroatoms. The summed E-state index contributed by atoms with van der Waals surface area (Å²) in [7, 11) is 0. The maximum atomic E-state index is 10.9. The summed E-state index contributed by atoms with van der Waals surface area (Å²) >= 11 is 1.85. The van der Waals surface area contributed by atoms with Crippen LogP contribution in [-0.4, -0.2) is 34.7 Å². The summed E-state index contributed by atoms with van der Waals surface area (Å²) in [4.78, 5) is 5.16. The lowest BCUT2D eigenvalue weighted by molar-refractivity contribution is -0.0337. The lowest BCUT2D eigenvalue weighted by atomic mass is 9.82. The number of aliphatic hydroxyl groups excluding tert-OH is 1. The minimum atomic E-state index is -0.291. The van der Waals surface area contributed by atoms with Crippen molar-refractivity contribution in [3.05, 3.63) is 21.9 Å². The molecule has 1 rings (SSSR count). The van der Waals surface area contributed by atoms with Crippen molar-refractivity contribution < 1.29 is 5.11 Å². The molecular weight excluding hydrogens is 266 g/mol. The topological polar surface area (TPSA) is 23.5 Å². The van der Waals surface area contributed by atoms with Gasteiger partial charge in [-0.2, -0.15) is 0 Å². The highest BCUT2D eigenvalue weighted by Crippen LogP contribution is 2.31. The Bertz CT molecular complexity index is 380. The zero-order chi connectivity index (χ0) is 15.2. The van der Waals surface area contributed by atoms with Gasteiger partial charge < -0.3 is 5.11 Å². The molecule has 0 aliphatic carbocycles. The molecule has 1 unspecified atom stereocenters. The minimum Gasteiger partial charge on any atom is -0.391 e. The number of aryl methyl sites for hydroxylation is 1. The SMILES string of the molecule is CCc1ccc(CC(O)C(CC)(CC)N(CC)CC)s1. The van der Waals surface area contributed by atoms with Crippen molar-refractivity contribution in [2.75, 3.05) is 13.1 Å².